The second kappa shape index (κ2) is 7.86. The van der Waals surface area contributed by atoms with Crippen molar-refractivity contribution >= 4 is 21.4 Å². The molecule has 3 aromatic carbocycles. The van der Waals surface area contributed by atoms with Crippen LogP contribution in [0.2, 0.25) is 5.02 Å². The molecule has 0 amide bonds. The smallest absolute Gasteiger partial charge is 0.231 e. The highest BCUT2D eigenvalue weighted by molar-refractivity contribution is 7.92. The molecule has 4 nitrogen and oxygen atoms in total. The van der Waals surface area contributed by atoms with Gasteiger partial charge < -0.3 is 0 Å². The minimum absolute atomic E-state index is 0.172. The Balaban J connectivity index is 2.16. The van der Waals surface area contributed by atoms with Gasteiger partial charge in [-0.25, -0.2) is 13.1 Å². The predicted octanol–water partition coefficient (Wildman–Crippen LogP) is 6.15. The Bertz CT molecular complexity index is 1320. The second-order valence-corrected chi connectivity index (χ2v) is 8.91. The van der Waals surface area contributed by atoms with Crippen molar-refractivity contribution in [1.82, 2.24) is 9.78 Å². The van der Waals surface area contributed by atoms with E-state index in [4.69, 9.17) is 11.6 Å². The van der Waals surface area contributed by atoms with Crippen molar-refractivity contribution in [3.63, 3.8) is 0 Å². The maximum Gasteiger partial charge on any atom is 0.502 e. The first-order chi connectivity index (χ1) is 14.7. The highest BCUT2D eigenvalue weighted by Crippen LogP contribution is 2.43. The minimum atomic E-state index is -5.75. The number of alkyl halides is 3. The fraction of sp³-hybridized carbons (Fsp3) is 0.0455. The number of nitrogens with zero attached hydrogens (tertiary/aromatic N) is 2. The van der Waals surface area contributed by atoms with Crippen molar-refractivity contribution in [2.75, 3.05) is 0 Å². The van der Waals surface area contributed by atoms with Crippen LogP contribution in [-0.2, 0) is 9.84 Å². The Morgan fingerprint density at radius 1 is 0.774 bits per heavy atom. The number of aromatic nitrogens is 2. The number of sulfone groups is 1. The van der Waals surface area contributed by atoms with Crippen LogP contribution in [0.5, 0.6) is 0 Å². The topological polar surface area (TPSA) is 52.0 Å². The fourth-order valence-corrected chi connectivity index (χ4v) is 4.41. The van der Waals surface area contributed by atoms with Crippen LogP contribution >= 0.6 is 11.6 Å². The molecule has 0 atom stereocenters. The van der Waals surface area contributed by atoms with Gasteiger partial charge >= 0.3 is 5.51 Å². The summed E-state index contributed by atoms with van der Waals surface area (Å²) >= 11 is 5.91. The van der Waals surface area contributed by atoms with Crippen LogP contribution in [0.4, 0.5) is 13.2 Å². The molecule has 158 valence electrons. The van der Waals surface area contributed by atoms with E-state index in [1.54, 1.807) is 48.5 Å². The molecule has 4 rings (SSSR count). The molecule has 4 aromatic rings. The van der Waals surface area contributed by atoms with Crippen LogP contribution in [0.15, 0.2) is 89.8 Å². The van der Waals surface area contributed by atoms with E-state index in [9.17, 15) is 21.6 Å². The lowest BCUT2D eigenvalue weighted by molar-refractivity contribution is -0.0435. The summed E-state index contributed by atoms with van der Waals surface area (Å²) in [5.74, 6) is 0. The van der Waals surface area contributed by atoms with Crippen molar-refractivity contribution in [2.24, 2.45) is 0 Å². The fourth-order valence-electron chi connectivity index (χ4n) is 3.18. The van der Waals surface area contributed by atoms with E-state index in [0.29, 0.717) is 10.7 Å². The lowest BCUT2D eigenvalue weighted by Crippen LogP contribution is -2.24. The van der Waals surface area contributed by atoms with E-state index in [0.717, 1.165) is 0 Å². The molecular weight excluding hydrogens is 449 g/mol. The second-order valence-electron chi connectivity index (χ2n) is 6.60. The van der Waals surface area contributed by atoms with Crippen LogP contribution in [0.1, 0.15) is 0 Å². The van der Waals surface area contributed by atoms with E-state index in [-0.39, 0.29) is 22.5 Å². The first kappa shape index (κ1) is 21.1. The number of hydrogen-bond donors (Lipinski definition) is 0. The van der Waals surface area contributed by atoms with Crippen molar-refractivity contribution in [3.8, 4) is 28.2 Å². The first-order valence-electron chi connectivity index (χ1n) is 9.01. The van der Waals surface area contributed by atoms with Gasteiger partial charge in [-0.3, -0.25) is 0 Å². The summed E-state index contributed by atoms with van der Waals surface area (Å²) in [6, 6.07) is 22.2. The summed E-state index contributed by atoms with van der Waals surface area (Å²) < 4.78 is 67.9. The highest BCUT2D eigenvalue weighted by Gasteiger charge is 2.51. The predicted molar refractivity (Wildman–Crippen MR) is 113 cm³/mol. The number of halogens is 4. The van der Waals surface area contributed by atoms with E-state index in [1.165, 1.54) is 41.1 Å². The van der Waals surface area contributed by atoms with Crippen LogP contribution in [0.3, 0.4) is 0 Å². The normalized spacial score (nSPS) is 12.1. The number of hydrogen-bond acceptors (Lipinski definition) is 3. The Hall–Kier alpha value is -3.10. The standard InChI is InChI=1S/C22H14ClF3N2O2S/c23-17-13-11-15(12-14-17)19-21(31(29,30)22(24,25)26)20(16-7-3-1-4-8-16)28(27-19)18-9-5-2-6-10-18/h1-14H. The molecular formula is C22H14ClF3N2O2S. The van der Waals surface area contributed by atoms with Gasteiger partial charge in [-0.05, 0) is 24.3 Å². The molecule has 0 spiro atoms. The molecule has 0 unspecified atom stereocenters. The molecule has 9 heteroatoms. The molecule has 0 bridgehead atoms. The number of benzene rings is 3. The summed E-state index contributed by atoms with van der Waals surface area (Å²) in [5, 5.41) is 4.69. The number of rotatable bonds is 4. The third-order valence-corrected chi connectivity index (χ3v) is 6.37. The molecule has 1 aromatic heterocycles. The summed E-state index contributed by atoms with van der Waals surface area (Å²) in [4.78, 5) is -0.905. The lowest BCUT2D eigenvalue weighted by atomic mass is 10.1. The molecule has 0 fully saturated rings. The maximum absolute atomic E-state index is 13.7. The van der Waals surface area contributed by atoms with Gasteiger partial charge in [0.2, 0.25) is 0 Å². The Kier molecular flexibility index (Phi) is 5.36. The summed E-state index contributed by atoms with van der Waals surface area (Å²) in [6.07, 6.45) is 0. The van der Waals surface area contributed by atoms with Crippen molar-refractivity contribution in [1.29, 1.82) is 0 Å². The first-order valence-corrected chi connectivity index (χ1v) is 10.9. The zero-order valence-electron chi connectivity index (χ0n) is 15.7. The van der Waals surface area contributed by atoms with Gasteiger partial charge in [0, 0.05) is 16.1 Å². The monoisotopic (exact) mass is 462 g/mol. The molecule has 0 aliphatic rings. The zero-order valence-corrected chi connectivity index (χ0v) is 17.3. The summed E-state index contributed by atoms with van der Waals surface area (Å²) in [5.41, 5.74) is -5.10. The molecule has 0 saturated carbocycles. The van der Waals surface area contributed by atoms with Gasteiger partial charge in [0.25, 0.3) is 9.84 Å². The number of para-hydroxylation sites is 1. The van der Waals surface area contributed by atoms with Crippen LogP contribution in [0.25, 0.3) is 28.2 Å². The van der Waals surface area contributed by atoms with Gasteiger partial charge in [-0.2, -0.15) is 18.3 Å². The van der Waals surface area contributed by atoms with Crippen molar-refractivity contribution in [2.45, 2.75) is 10.4 Å². The van der Waals surface area contributed by atoms with E-state index < -0.39 is 20.2 Å². The maximum atomic E-state index is 13.7. The average Bonchev–Trinajstić information content (AvgIpc) is 3.16. The van der Waals surface area contributed by atoms with Gasteiger partial charge in [-0.1, -0.05) is 72.3 Å². The molecule has 31 heavy (non-hydrogen) atoms. The Morgan fingerprint density at radius 3 is 1.87 bits per heavy atom. The molecule has 0 aliphatic heterocycles. The largest absolute Gasteiger partial charge is 0.502 e. The molecule has 1 heterocycles. The third kappa shape index (κ3) is 3.84. The molecule has 0 aliphatic carbocycles. The van der Waals surface area contributed by atoms with Crippen molar-refractivity contribution < 1.29 is 21.6 Å². The molecule has 0 N–H and O–H groups in total. The van der Waals surface area contributed by atoms with Gasteiger partial charge in [0.1, 0.15) is 10.6 Å². The van der Waals surface area contributed by atoms with Crippen LogP contribution < -0.4 is 0 Å². The van der Waals surface area contributed by atoms with E-state index in [2.05, 4.69) is 5.10 Å². The molecule has 0 saturated heterocycles. The quantitative estimate of drug-likeness (QED) is 0.365. The SMILES string of the molecule is O=S(=O)(c1c(-c2ccc(Cl)cc2)nn(-c2ccccc2)c1-c1ccccc1)C(F)(F)F. The summed E-state index contributed by atoms with van der Waals surface area (Å²) in [7, 11) is -5.75. The Labute approximate surface area is 181 Å². The van der Waals surface area contributed by atoms with E-state index >= 15 is 0 Å². The highest BCUT2D eigenvalue weighted by atomic mass is 35.5. The van der Waals surface area contributed by atoms with Crippen LogP contribution in [0, 0.1) is 0 Å². The summed E-state index contributed by atoms with van der Waals surface area (Å²) in [6.45, 7) is 0. The van der Waals surface area contributed by atoms with Crippen LogP contribution in [-0.4, -0.2) is 23.7 Å². The van der Waals surface area contributed by atoms with Gasteiger partial charge in [0.05, 0.1) is 11.4 Å². The van der Waals surface area contributed by atoms with Gasteiger partial charge in [0.15, 0.2) is 0 Å². The Morgan fingerprint density at radius 2 is 1.32 bits per heavy atom. The third-order valence-electron chi connectivity index (χ3n) is 4.58. The zero-order chi connectivity index (χ0) is 22.2. The van der Waals surface area contributed by atoms with Crippen molar-refractivity contribution in [3.05, 3.63) is 90.0 Å². The minimum Gasteiger partial charge on any atom is -0.231 e. The average molecular weight is 463 g/mol. The van der Waals surface area contributed by atoms with E-state index in [1.807, 2.05) is 0 Å². The lowest BCUT2D eigenvalue weighted by Gasteiger charge is -2.12. The molecule has 0 radical (unpaired) electrons. The van der Waals surface area contributed by atoms with Gasteiger partial charge in [-0.15, -0.1) is 0 Å².